The molecule has 1 heterocycles. The summed E-state index contributed by atoms with van der Waals surface area (Å²) in [5.74, 6) is -1.32. The van der Waals surface area contributed by atoms with E-state index in [1.54, 1.807) is 0 Å². The molecule has 0 aromatic rings. The van der Waals surface area contributed by atoms with Crippen LogP contribution in [0.1, 0.15) is 12.8 Å². The summed E-state index contributed by atoms with van der Waals surface area (Å²) in [5.41, 5.74) is 0. The quantitative estimate of drug-likeness (QED) is 0.631. The van der Waals surface area contributed by atoms with Crippen LogP contribution in [0.5, 0.6) is 0 Å². The molecule has 0 unspecified atom stereocenters. The minimum atomic E-state index is -1.32. The molecule has 0 aromatic heterocycles. The van der Waals surface area contributed by atoms with E-state index in [1.165, 1.54) is 12.2 Å². The van der Waals surface area contributed by atoms with Crippen molar-refractivity contribution in [3.63, 3.8) is 0 Å². The molecule has 0 bridgehead atoms. The highest BCUT2D eigenvalue weighted by Crippen LogP contribution is 2.37. The van der Waals surface area contributed by atoms with Gasteiger partial charge in [-0.2, -0.15) is 8.78 Å². The Hall–Kier alpha value is -1.32. The van der Waals surface area contributed by atoms with Crippen LogP contribution in [-0.2, 0) is 9.47 Å². The lowest BCUT2D eigenvalue weighted by Crippen LogP contribution is -2.29. The molecule has 0 spiro atoms. The van der Waals surface area contributed by atoms with Gasteiger partial charge in [0.05, 0.1) is 0 Å². The van der Waals surface area contributed by atoms with Gasteiger partial charge in [0.25, 0.3) is 5.79 Å². The molecule has 13 heavy (non-hydrogen) atoms. The third-order valence-electron chi connectivity index (χ3n) is 1.62. The summed E-state index contributed by atoms with van der Waals surface area (Å²) in [7, 11) is 0. The Labute approximate surface area is 75.1 Å². The minimum Gasteiger partial charge on any atom is -0.422 e. The van der Waals surface area contributed by atoms with Crippen molar-refractivity contribution in [2.75, 3.05) is 0 Å². The second-order valence-corrected chi connectivity index (χ2v) is 2.65. The summed E-state index contributed by atoms with van der Waals surface area (Å²) in [6.07, 6.45) is 3.32. The van der Waals surface area contributed by atoms with Crippen molar-refractivity contribution in [3.8, 4) is 0 Å². The lowest BCUT2D eigenvalue weighted by atomic mass is 10.1. The fourth-order valence-corrected chi connectivity index (χ4v) is 1.12. The highest BCUT2D eigenvalue weighted by molar-refractivity contribution is 5.00. The van der Waals surface area contributed by atoms with Crippen LogP contribution in [0.15, 0.2) is 37.3 Å². The molecule has 1 aliphatic heterocycles. The van der Waals surface area contributed by atoms with Crippen molar-refractivity contribution in [2.24, 2.45) is 0 Å². The summed E-state index contributed by atoms with van der Waals surface area (Å²) in [6.45, 7) is 6.89. The normalized spacial score (nSPS) is 19.2. The number of hydrogen-bond acceptors (Lipinski definition) is 2. The van der Waals surface area contributed by atoms with Crippen LogP contribution in [0.2, 0.25) is 0 Å². The summed E-state index contributed by atoms with van der Waals surface area (Å²) in [4.78, 5) is 0. The largest absolute Gasteiger partial charge is 0.422 e. The molecule has 0 saturated heterocycles. The first-order valence-electron chi connectivity index (χ1n) is 3.78. The van der Waals surface area contributed by atoms with Gasteiger partial charge in [0.1, 0.15) is 0 Å². The van der Waals surface area contributed by atoms with Crippen LogP contribution in [-0.4, -0.2) is 5.79 Å². The van der Waals surface area contributed by atoms with Gasteiger partial charge in [0.15, 0.2) is 0 Å². The standard InChI is InChI=1S/C9H10F2O2/c1-3-5-9(6-4-2)12-7(10)8(11)13-9/h3-4H,1-2,5-6H2. The van der Waals surface area contributed by atoms with Gasteiger partial charge in [-0.15, -0.1) is 13.2 Å². The molecule has 2 nitrogen and oxygen atoms in total. The third kappa shape index (κ3) is 1.88. The van der Waals surface area contributed by atoms with Crippen LogP contribution < -0.4 is 0 Å². The molecular weight excluding hydrogens is 178 g/mol. The molecule has 1 aliphatic rings. The Kier molecular flexibility index (Phi) is 2.70. The third-order valence-corrected chi connectivity index (χ3v) is 1.62. The Balaban J connectivity index is 2.74. The van der Waals surface area contributed by atoms with E-state index in [0.717, 1.165) is 0 Å². The van der Waals surface area contributed by atoms with Crippen LogP contribution in [0.3, 0.4) is 0 Å². The zero-order valence-electron chi connectivity index (χ0n) is 7.06. The van der Waals surface area contributed by atoms with E-state index in [2.05, 4.69) is 22.6 Å². The molecule has 0 fully saturated rings. The fraction of sp³-hybridized carbons (Fsp3) is 0.333. The molecule has 0 N–H and O–H groups in total. The number of ether oxygens (including phenoxy) is 2. The monoisotopic (exact) mass is 188 g/mol. The first-order valence-corrected chi connectivity index (χ1v) is 3.78. The first-order chi connectivity index (χ1) is 6.13. The van der Waals surface area contributed by atoms with Crippen LogP contribution in [0.25, 0.3) is 0 Å². The molecule has 0 aromatic carbocycles. The maximum atomic E-state index is 12.5. The molecule has 0 aliphatic carbocycles. The SMILES string of the molecule is C=CCC1(CC=C)OC(F)=C(F)O1. The molecule has 4 heteroatoms. The van der Waals surface area contributed by atoms with Gasteiger partial charge in [-0.25, -0.2) is 0 Å². The van der Waals surface area contributed by atoms with Crippen molar-refractivity contribution in [1.82, 2.24) is 0 Å². The molecular formula is C9H10F2O2. The maximum absolute atomic E-state index is 12.5. The highest BCUT2D eigenvalue weighted by Gasteiger charge is 2.42. The van der Waals surface area contributed by atoms with Crippen molar-refractivity contribution in [2.45, 2.75) is 18.6 Å². The van der Waals surface area contributed by atoms with E-state index in [1.807, 2.05) is 0 Å². The molecule has 0 radical (unpaired) electrons. The molecule has 0 atom stereocenters. The average Bonchev–Trinajstić information content (AvgIpc) is 2.29. The molecule has 1 rings (SSSR count). The number of halogens is 2. The van der Waals surface area contributed by atoms with E-state index >= 15 is 0 Å². The Morgan fingerprint density at radius 1 is 1.08 bits per heavy atom. The van der Waals surface area contributed by atoms with Crippen molar-refractivity contribution >= 4 is 0 Å². The van der Waals surface area contributed by atoms with E-state index in [9.17, 15) is 8.78 Å². The molecule has 0 amide bonds. The summed E-state index contributed by atoms with van der Waals surface area (Å²) in [5, 5.41) is 0. The minimum absolute atomic E-state index is 0.194. The number of hydrogen-bond donors (Lipinski definition) is 0. The maximum Gasteiger partial charge on any atom is 0.350 e. The van der Waals surface area contributed by atoms with Crippen LogP contribution in [0.4, 0.5) is 8.78 Å². The van der Waals surface area contributed by atoms with Crippen LogP contribution >= 0.6 is 0 Å². The van der Waals surface area contributed by atoms with Crippen molar-refractivity contribution in [3.05, 3.63) is 37.3 Å². The Morgan fingerprint density at radius 3 is 1.77 bits per heavy atom. The first kappa shape index (κ1) is 9.77. The second kappa shape index (κ2) is 3.60. The highest BCUT2D eigenvalue weighted by atomic mass is 19.2. The van der Waals surface area contributed by atoms with Gasteiger partial charge in [0, 0.05) is 12.8 Å². The predicted molar refractivity (Wildman–Crippen MR) is 43.8 cm³/mol. The van der Waals surface area contributed by atoms with Gasteiger partial charge in [-0.1, -0.05) is 12.2 Å². The lowest BCUT2D eigenvalue weighted by molar-refractivity contribution is -0.163. The van der Waals surface area contributed by atoms with Crippen molar-refractivity contribution in [1.29, 1.82) is 0 Å². The van der Waals surface area contributed by atoms with E-state index in [0.29, 0.717) is 0 Å². The van der Waals surface area contributed by atoms with E-state index < -0.39 is 17.8 Å². The number of rotatable bonds is 4. The topological polar surface area (TPSA) is 18.5 Å². The van der Waals surface area contributed by atoms with Gasteiger partial charge >= 0.3 is 12.0 Å². The summed E-state index contributed by atoms with van der Waals surface area (Å²) >= 11 is 0. The Bertz CT molecular complexity index is 232. The van der Waals surface area contributed by atoms with Gasteiger partial charge < -0.3 is 9.47 Å². The lowest BCUT2D eigenvalue weighted by Gasteiger charge is -2.24. The zero-order chi connectivity index (χ0) is 9.90. The van der Waals surface area contributed by atoms with Crippen LogP contribution in [0, 0.1) is 0 Å². The zero-order valence-corrected chi connectivity index (χ0v) is 7.06. The smallest absolute Gasteiger partial charge is 0.350 e. The van der Waals surface area contributed by atoms with Gasteiger partial charge in [0.2, 0.25) is 0 Å². The summed E-state index contributed by atoms with van der Waals surface area (Å²) in [6, 6.07) is -2.63. The predicted octanol–water partition coefficient (Wildman–Crippen LogP) is 2.95. The molecule has 0 saturated carbocycles. The Morgan fingerprint density at radius 2 is 1.46 bits per heavy atom. The van der Waals surface area contributed by atoms with Gasteiger partial charge in [-0.05, 0) is 0 Å². The summed E-state index contributed by atoms with van der Waals surface area (Å²) < 4.78 is 34.3. The van der Waals surface area contributed by atoms with E-state index in [-0.39, 0.29) is 12.8 Å². The molecule has 72 valence electrons. The van der Waals surface area contributed by atoms with Crippen molar-refractivity contribution < 1.29 is 18.3 Å². The second-order valence-electron chi connectivity index (χ2n) is 2.65. The van der Waals surface area contributed by atoms with Gasteiger partial charge in [-0.3, -0.25) is 0 Å². The fourth-order valence-electron chi connectivity index (χ4n) is 1.12. The van der Waals surface area contributed by atoms with E-state index in [4.69, 9.17) is 0 Å². The average molecular weight is 188 g/mol.